The van der Waals surface area contributed by atoms with E-state index in [1.165, 1.54) is 17.0 Å². The number of phenolic OH excluding ortho intramolecular Hbond substituents is 1. The molecule has 0 spiro atoms. The highest BCUT2D eigenvalue weighted by atomic mass is 79.9. The van der Waals surface area contributed by atoms with Gasteiger partial charge in [0.25, 0.3) is 11.8 Å². The van der Waals surface area contributed by atoms with Crippen molar-refractivity contribution in [1.82, 2.24) is 10.7 Å². The Bertz CT molecular complexity index is 1020. The summed E-state index contributed by atoms with van der Waals surface area (Å²) in [5, 5.41) is 15.9. The van der Waals surface area contributed by atoms with Gasteiger partial charge in [-0.05, 0) is 68.3 Å². The van der Waals surface area contributed by atoms with Gasteiger partial charge in [-0.15, -0.1) is 0 Å². The molecule has 0 aliphatic carbocycles. The number of rotatable bonds is 4. The van der Waals surface area contributed by atoms with Crippen molar-refractivity contribution < 1.29 is 19.5 Å². The lowest BCUT2D eigenvalue weighted by molar-refractivity contribution is -0.130. The quantitative estimate of drug-likeness (QED) is 0.239. The van der Waals surface area contributed by atoms with Crippen molar-refractivity contribution in [2.45, 2.75) is 0 Å². The van der Waals surface area contributed by atoms with Crippen LogP contribution in [0.5, 0.6) is 5.75 Å². The zero-order valence-electron chi connectivity index (χ0n) is 14.4. The molecule has 1 heterocycles. The number of hydrogen-bond acceptors (Lipinski definition) is 6. The first-order valence-electron chi connectivity index (χ1n) is 8.05. The smallest absolute Gasteiger partial charge is 0.271 e. The number of nitrogens with one attached hydrogen (secondary N) is 2. The minimum atomic E-state index is -1.26. The van der Waals surface area contributed by atoms with Gasteiger partial charge in [0.05, 0.1) is 14.6 Å². The molecule has 3 amide bonds. The molecule has 11 heteroatoms. The van der Waals surface area contributed by atoms with Crippen LogP contribution in [-0.2, 0) is 9.59 Å². The van der Waals surface area contributed by atoms with E-state index in [-0.39, 0.29) is 16.4 Å². The van der Waals surface area contributed by atoms with E-state index in [2.05, 4.69) is 47.7 Å². The fourth-order valence-corrected chi connectivity index (χ4v) is 3.96. The predicted octanol–water partition coefficient (Wildman–Crippen LogP) is 2.70. The number of hydrazone groups is 1. The van der Waals surface area contributed by atoms with Crippen LogP contribution < -0.4 is 15.6 Å². The molecule has 1 unspecified atom stereocenters. The van der Waals surface area contributed by atoms with Gasteiger partial charge in [-0.25, -0.2) is 5.43 Å². The number of carbonyl (C=O) groups excluding carboxylic acids is 3. The lowest BCUT2D eigenvalue weighted by Gasteiger charge is -2.30. The second kappa shape index (κ2) is 8.80. The van der Waals surface area contributed by atoms with Crippen molar-refractivity contribution in [3.63, 3.8) is 0 Å². The van der Waals surface area contributed by atoms with Gasteiger partial charge in [-0.3, -0.25) is 19.3 Å². The monoisotopic (exact) mass is 538 g/mol. The number of benzene rings is 2. The summed E-state index contributed by atoms with van der Waals surface area (Å²) in [6, 6.07) is 11.4. The van der Waals surface area contributed by atoms with Gasteiger partial charge in [-0.1, -0.05) is 18.2 Å². The number of phenols is 1. The average Bonchev–Trinajstić information content (AvgIpc) is 2.68. The number of aromatic hydroxyl groups is 1. The summed E-state index contributed by atoms with van der Waals surface area (Å²) >= 11 is 11.4. The van der Waals surface area contributed by atoms with Crippen molar-refractivity contribution in [2.75, 3.05) is 4.90 Å². The summed E-state index contributed by atoms with van der Waals surface area (Å²) in [5.74, 6) is -3.13. The Morgan fingerprint density at radius 3 is 2.45 bits per heavy atom. The van der Waals surface area contributed by atoms with Gasteiger partial charge in [0.15, 0.2) is 11.0 Å². The maximum atomic E-state index is 12.8. The summed E-state index contributed by atoms with van der Waals surface area (Å²) in [7, 11) is 0. The Hall–Kier alpha value is -2.63. The SMILES string of the molecule is O=C(NN=CC1C(=O)NC(=S)N(c2ccccc2)C1=O)c1cc(Br)c(O)c(Br)c1. The molecule has 8 nitrogen and oxygen atoms in total. The van der Waals surface area contributed by atoms with E-state index in [0.29, 0.717) is 14.6 Å². The maximum Gasteiger partial charge on any atom is 0.271 e. The average molecular weight is 540 g/mol. The first-order valence-corrected chi connectivity index (χ1v) is 10.0. The number of nitrogens with zero attached hydrogens (tertiary/aromatic N) is 2. The number of halogens is 2. The lowest BCUT2D eigenvalue weighted by Crippen LogP contribution is -2.58. The molecule has 148 valence electrons. The van der Waals surface area contributed by atoms with Crippen LogP contribution in [0.4, 0.5) is 5.69 Å². The Balaban J connectivity index is 1.75. The molecule has 1 aliphatic heterocycles. The third-order valence-electron chi connectivity index (χ3n) is 3.89. The summed E-state index contributed by atoms with van der Waals surface area (Å²) in [5.41, 5.74) is 2.95. The fraction of sp³-hybridized carbons (Fsp3) is 0.0556. The van der Waals surface area contributed by atoms with E-state index >= 15 is 0 Å². The largest absolute Gasteiger partial charge is 0.506 e. The summed E-state index contributed by atoms with van der Waals surface area (Å²) in [6.45, 7) is 0. The van der Waals surface area contributed by atoms with E-state index < -0.39 is 23.6 Å². The van der Waals surface area contributed by atoms with Crippen LogP contribution in [0.1, 0.15) is 10.4 Å². The highest BCUT2D eigenvalue weighted by molar-refractivity contribution is 9.11. The van der Waals surface area contributed by atoms with Crippen molar-refractivity contribution in [3.8, 4) is 5.75 Å². The van der Waals surface area contributed by atoms with Crippen LogP contribution in [0.2, 0.25) is 0 Å². The van der Waals surface area contributed by atoms with E-state index in [1.54, 1.807) is 30.3 Å². The standard InChI is InChI=1S/C18H12Br2N4O4S/c19-12-6-9(7-13(20)14(12)25)15(26)23-21-8-11-16(27)22-18(29)24(17(11)28)10-4-2-1-3-5-10/h1-8,11,25H,(H,23,26)(H,22,27,29). The molecule has 1 fully saturated rings. The zero-order chi connectivity index (χ0) is 21.1. The highest BCUT2D eigenvalue weighted by Crippen LogP contribution is 2.33. The van der Waals surface area contributed by atoms with Crippen molar-refractivity contribution in [1.29, 1.82) is 0 Å². The van der Waals surface area contributed by atoms with Crippen LogP contribution in [0.15, 0.2) is 56.5 Å². The minimum Gasteiger partial charge on any atom is -0.506 e. The first kappa shape index (κ1) is 21.1. The molecule has 2 aromatic carbocycles. The predicted molar refractivity (Wildman–Crippen MR) is 118 cm³/mol. The van der Waals surface area contributed by atoms with Crippen LogP contribution in [0.3, 0.4) is 0 Å². The van der Waals surface area contributed by atoms with Gasteiger partial charge in [0, 0.05) is 11.8 Å². The molecule has 29 heavy (non-hydrogen) atoms. The normalized spacial score (nSPS) is 16.8. The molecular weight excluding hydrogens is 528 g/mol. The van der Waals surface area contributed by atoms with Gasteiger partial charge in [0.2, 0.25) is 5.91 Å². The molecule has 3 rings (SSSR count). The Morgan fingerprint density at radius 2 is 1.83 bits per heavy atom. The summed E-state index contributed by atoms with van der Waals surface area (Å²) in [4.78, 5) is 38.4. The molecule has 0 radical (unpaired) electrons. The first-order chi connectivity index (χ1) is 13.8. The Morgan fingerprint density at radius 1 is 1.21 bits per heavy atom. The zero-order valence-corrected chi connectivity index (χ0v) is 18.4. The fourth-order valence-electron chi connectivity index (χ4n) is 2.47. The number of amides is 3. The molecular formula is C18H12Br2N4O4S. The molecule has 1 atom stereocenters. The molecule has 2 aromatic rings. The number of hydrogen-bond donors (Lipinski definition) is 3. The number of para-hydroxylation sites is 1. The molecule has 1 aliphatic rings. The van der Waals surface area contributed by atoms with Crippen LogP contribution in [0.25, 0.3) is 0 Å². The van der Waals surface area contributed by atoms with Crippen LogP contribution >= 0.6 is 44.1 Å². The van der Waals surface area contributed by atoms with Crippen molar-refractivity contribution >= 4 is 78.8 Å². The van der Waals surface area contributed by atoms with Crippen molar-refractivity contribution in [2.24, 2.45) is 11.0 Å². The number of carbonyl (C=O) groups is 3. The van der Waals surface area contributed by atoms with E-state index in [1.807, 2.05) is 0 Å². The third kappa shape index (κ3) is 4.52. The molecule has 0 bridgehead atoms. The molecule has 3 N–H and O–H groups in total. The van der Waals surface area contributed by atoms with E-state index in [9.17, 15) is 19.5 Å². The number of thiocarbonyl (C=S) groups is 1. The molecule has 1 saturated heterocycles. The van der Waals surface area contributed by atoms with E-state index in [0.717, 1.165) is 6.21 Å². The minimum absolute atomic E-state index is 0.0290. The van der Waals surface area contributed by atoms with Crippen LogP contribution in [0, 0.1) is 5.92 Å². The van der Waals surface area contributed by atoms with Gasteiger partial charge in [0.1, 0.15) is 5.75 Å². The van der Waals surface area contributed by atoms with Gasteiger partial charge in [-0.2, -0.15) is 5.10 Å². The van der Waals surface area contributed by atoms with Gasteiger partial charge >= 0.3 is 0 Å². The van der Waals surface area contributed by atoms with E-state index in [4.69, 9.17) is 12.2 Å². The maximum absolute atomic E-state index is 12.8. The third-order valence-corrected chi connectivity index (χ3v) is 5.38. The Kier molecular flexibility index (Phi) is 6.40. The van der Waals surface area contributed by atoms with Crippen LogP contribution in [-0.4, -0.2) is 34.2 Å². The topological polar surface area (TPSA) is 111 Å². The Labute approximate surface area is 187 Å². The van der Waals surface area contributed by atoms with Crippen molar-refractivity contribution in [3.05, 3.63) is 57.0 Å². The second-order valence-electron chi connectivity index (χ2n) is 5.79. The second-order valence-corrected chi connectivity index (χ2v) is 7.88. The lowest BCUT2D eigenvalue weighted by atomic mass is 10.1. The molecule has 0 saturated carbocycles. The highest BCUT2D eigenvalue weighted by Gasteiger charge is 2.38. The molecule has 0 aromatic heterocycles. The number of anilines is 1. The summed E-state index contributed by atoms with van der Waals surface area (Å²) < 4.78 is 0.629. The summed E-state index contributed by atoms with van der Waals surface area (Å²) in [6.07, 6.45) is 1.04. The van der Waals surface area contributed by atoms with Gasteiger partial charge < -0.3 is 10.4 Å².